The fourth-order valence-electron chi connectivity index (χ4n) is 5.66. The highest BCUT2D eigenvalue weighted by atomic mass is 35.5. The summed E-state index contributed by atoms with van der Waals surface area (Å²) in [7, 11) is 2.12. The maximum atomic E-state index is 13.1. The summed E-state index contributed by atoms with van der Waals surface area (Å²) in [6.45, 7) is 5.25. The van der Waals surface area contributed by atoms with Crippen LogP contribution in [-0.4, -0.2) is 73.7 Å². The highest BCUT2D eigenvalue weighted by Gasteiger charge is 2.28. The summed E-state index contributed by atoms with van der Waals surface area (Å²) in [4.78, 5) is 45.6. The van der Waals surface area contributed by atoms with Gasteiger partial charge in [0.1, 0.15) is 0 Å². The highest BCUT2D eigenvalue weighted by Crippen LogP contribution is 2.36. The standard InChI is InChI=1S/C31H39ClN4O3/c1-34-12-3-13-36(17-16-34)30(38)19-23-10-14-35(15-11-23)28-9-8-24(29(37)18-22-6-7-22)21-27(28)33-31(39)25-4-2-5-26(32)20-25/h2,4-5,8-9,20-23H,3,6-7,10-19H2,1H3,(H,33,39). The fraction of sp³-hybridized carbons (Fsp3) is 0.516. The van der Waals surface area contributed by atoms with E-state index >= 15 is 0 Å². The van der Waals surface area contributed by atoms with Gasteiger partial charge in [-0.05, 0) is 93.9 Å². The van der Waals surface area contributed by atoms with Crippen LogP contribution in [0.1, 0.15) is 65.7 Å². The number of carbonyl (C=O) groups excluding carboxylic acids is 3. The molecule has 0 atom stereocenters. The molecule has 208 valence electrons. The lowest BCUT2D eigenvalue weighted by atomic mass is 9.92. The molecule has 0 aromatic heterocycles. The van der Waals surface area contributed by atoms with Crippen molar-refractivity contribution in [1.29, 1.82) is 0 Å². The third-order valence-corrected chi connectivity index (χ3v) is 8.55. The van der Waals surface area contributed by atoms with Crippen molar-refractivity contribution in [2.75, 3.05) is 56.5 Å². The molecular formula is C31H39ClN4O3. The van der Waals surface area contributed by atoms with Crippen molar-refractivity contribution < 1.29 is 14.4 Å². The third-order valence-electron chi connectivity index (χ3n) is 8.32. The van der Waals surface area contributed by atoms with E-state index in [9.17, 15) is 14.4 Å². The van der Waals surface area contributed by atoms with Crippen LogP contribution in [-0.2, 0) is 4.79 Å². The topological polar surface area (TPSA) is 73.0 Å². The lowest BCUT2D eigenvalue weighted by Crippen LogP contribution is -2.39. The highest BCUT2D eigenvalue weighted by molar-refractivity contribution is 6.31. The molecule has 3 aliphatic rings. The molecule has 7 nitrogen and oxygen atoms in total. The largest absolute Gasteiger partial charge is 0.370 e. The van der Waals surface area contributed by atoms with Crippen molar-refractivity contribution in [3.63, 3.8) is 0 Å². The lowest BCUT2D eigenvalue weighted by Gasteiger charge is -2.35. The number of amides is 2. The van der Waals surface area contributed by atoms with Gasteiger partial charge >= 0.3 is 0 Å². The molecule has 2 amide bonds. The predicted molar refractivity (Wildman–Crippen MR) is 156 cm³/mol. The predicted octanol–water partition coefficient (Wildman–Crippen LogP) is 5.35. The molecule has 39 heavy (non-hydrogen) atoms. The molecule has 0 spiro atoms. The quantitative estimate of drug-likeness (QED) is 0.449. The van der Waals surface area contributed by atoms with Crippen LogP contribution in [0.5, 0.6) is 0 Å². The number of nitrogens with one attached hydrogen (secondary N) is 1. The van der Waals surface area contributed by atoms with E-state index in [1.807, 2.05) is 23.1 Å². The molecule has 2 aromatic carbocycles. The first-order chi connectivity index (χ1) is 18.9. The van der Waals surface area contributed by atoms with Crippen molar-refractivity contribution in [1.82, 2.24) is 9.80 Å². The Labute approximate surface area is 236 Å². The molecule has 1 aliphatic carbocycles. The monoisotopic (exact) mass is 550 g/mol. The molecule has 2 aromatic rings. The lowest BCUT2D eigenvalue weighted by molar-refractivity contribution is -0.132. The number of nitrogens with zero attached hydrogens (tertiary/aromatic N) is 3. The van der Waals surface area contributed by atoms with Gasteiger partial charge in [0, 0.05) is 61.7 Å². The molecule has 2 saturated heterocycles. The van der Waals surface area contributed by atoms with E-state index in [1.165, 1.54) is 0 Å². The summed E-state index contributed by atoms with van der Waals surface area (Å²) in [6.07, 6.45) is 6.28. The molecule has 0 unspecified atom stereocenters. The van der Waals surface area contributed by atoms with Gasteiger partial charge in [-0.15, -0.1) is 0 Å². The van der Waals surface area contributed by atoms with Crippen LogP contribution in [0.2, 0.25) is 5.02 Å². The van der Waals surface area contributed by atoms with E-state index in [4.69, 9.17) is 11.6 Å². The van der Waals surface area contributed by atoms with E-state index in [0.717, 1.165) is 77.1 Å². The van der Waals surface area contributed by atoms with Crippen LogP contribution in [0.25, 0.3) is 0 Å². The Balaban J connectivity index is 1.26. The van der Waals surface area contributed by atoms with Gasteiger partial charge in [0.25, 0.3) is 5.91 Å². The van der Waals surface area contributed by atoms with Crippen LogP contribution in [0.3, 0.4) is 0 Å². The van der Waals surface area contributed by atoms with Gasteiger partial charge in [-0.2, -0.15) is 0 Å². The summed E-state index contributed by atoms with van der Waals surface area (Å²) in [5.74, 6) is 1.00. The van der Waals surface area contributed by atoms with Crippen molar-refractivity contribution in [2.45, 2.75) is 44.9 Å². The minimum Gasteiger partial charge on any atom is -0.370 e. The van der Waals surface area contributed by atoms with Crippen molar-refractivity contribution in [3.8, 4) is 0 Å². The second-order valence-corrected chi connectivity index (χ2v) is 11.9. The fourth-order valence-corrected chi connectivity index (χ4v) is 5.85. The number of benzene rings is 2. The van der Waals surface area contributed by atoms with Crippen LogP contribution < -0.4 is 10.2 Å². The number of ketones is 1. The number of hydrogen-bond acceptors (Lipinski definition) is 5. The van der Waals surface area contributed by atoms with Crippen molar-refractivity contribution in [2.24, 2.45) is 11.8 Å². The number of anilines is 2. The zero-order valence-electron chi connectivity index (χ0n) is 22.8. The number of carbonyl (C=O) groups is 3. The summed E-state index contributed by atoms with van der Waals surface area (Å²) < 4.78 is 0. The van der Waals surface area contributed by atoms with Crippen LogP contribution in [0, 0.1) is 11.8 Å². The normalized spacial score (nSPS) is 19.0. The van der Waals surface area contributed by atoms with Crippen LogP contribution in [0.15, 0.2) is 42.5 Å². The number of hydrogen-bond donors (Lipinski definition) is 1. The van der Waals surface area contributed by atoms with Crippen LogP contribution >= 0.6 is 11.6 Å². The summed E-state index contributed by atoms with van der Waals surface area (Å²) in [6, 6.07) is 12.5. The van der Waals surface area contributed by atoms with E-state index < -0.39 is 0 Å². The Morgan fingerprint density at radius 2 is 1.62 bits per heavy atom. The zero-order chi connectivity index (χ0) is 27.4. The number of likely N-dealkylation sites (N-methyl/N-ethyl adjacent to an activating group) is 1. The van der Waals surface area contributed by atoms with Gasteiger partial charge in [0.2, 0.25) is 5.91 Å². The second kappa shape index (κ2) is 12.5. The summed E-state index contributed by atoms with van der Waals surface area (Å²) >= 11 is 6.12. The number of rotatable bonds is 8. The van der Waals surface area contributed by atoms with Gasteiger partial charge < -0.3 is 20.0 Å². The van der Waals surface area contributed by atoms with Gasteiger partial charge in [-0.3, -0.25) is 14.4 Å². The zero-order valence-corrected chi connectivity index (χ0v) is 23.6. The molecule has 1 saturated carbocycles. The van der Waals surface area contributed by atoms with Gasteiger partial charge in [-0.25, -0.2) is 0 Å². The average molecular weight is 551 g/mol. The number of piperidine rings is 1. The first kappa shape index (κ1) is 27.7. The number of Topliss-reactive ketones (excluding diaryl/α,β-unsaturated/α-hetero) is 1. The average Bonchev–Trinajstić information content (AvgIpc) is 3.77. The molecular weight excluding hydrogens is 512 g/mol. The van der Waals surface area contributed by atoms with Crippen LogP contribution in [0.4, 0.5) is 11.4 Å². The molecule has 3 fully saturated rings. The molecule has 0 radical (unpaired) electrons. The van der Waals surface area contributed by atoms with E-state index in [-0.39, 0.29) is 17.6 Å². The number of halogens is 1. The molecule has 2 aliphatic heterocycles. The SMILES string of the molecule is CN1CCCN(C(=O)CC2CCN(c3ccc(C(=O)CC4CC4)cc3NC(=O)c3cccc(Cl)c3)CC2)CC1. The van der Waals surface area contributed by atoms with E-state index in [2.05, 4.69) is 22.2 Å². The Bertz CT molecular complexity index is 1210. The Kier molecular flexibility index (Phi) is 8.88. The maximum absolute atomic E-state index is 13.1. The summed E-state index contributed by atoms with van der Waals surface area (Å²) in [5, 5.41) is 3.56. The third kappa shape index (κ3) is 7.40. The smallest absolute Gasteiger partial charge is 0.255 e. The Morgan fingerprint density at radius 3 is 2.36 bits per heavy atom. The van der Waals surface area contributed by atoms with Crippen molar-refractivity contribution in [3.05, 3.63) is 58.6 Å². The minimum atomic E-state index is -0.255. The molecule has 5 rings (SSSR count). The molecule has 0 bridgehead atoms. The van der Waals surface area contributed by atoms with Gasteiger partial charge in [-0.1, -0.05) is 17.7 Å². The second-order valence-electron chi connectivity index (χ2n) is 11.4. The molecule has 8 heteroatoms. The van der Waals surface area contributed by atoms with Crippen molar-refractivity contribution >= 4 is 40.6 Å². The van der Waals surface area contributed by atoms with E-state index in [1.54, 1.807) is 24.3 Å². The Morgan fingerprint density at radius 1 is 0.846 bits per heavy atom. The first-order valence-electron chi connectivity index (χ1n) is 14.3. The Hall–Kier alpha value is -2.90. The van der Waals surface area contributed by atoms with Gasteiger partial charge in [0.05, 0.1) is 11.4 Å². The van der Waals surface area contributed by atoms with E-state index in [0.29, 0.717) is 46.5 Å². The van der Waals surface area contributed by atoms with Gasteiger partial charge in [0.15, 0.2) is 5.78 Å². The first-order valence-corrected chi connectivity index (χ1v) is 14.7. The minimum absolute atomic E-state index is 0.124. The maximum Gasteiger partial charge on any atom is 0.255 e. The summed E-state index contributed by atoms with van der Waals surface area (Å²) in [5.41, 5.74) is 2.66. The molecule has 1 N–H and O–H groups in total. The molecule has 2 heterocycles.